The van der Waals surface area contributed by atoms with Gasteiger partial charge in [0.1, 0.15) is 11.4 Å². The molecule has 1 atom stereocenters. The summed E-state index contributed by atoms with van der Waals surface area (Å²) in [6.45, 7) is 17.4. The molecule has 112 valence electrons. The highest BCUT2D eigenvalue weighted by molar-refractivity contribution is 5.33. The SMILES string of the molecule is CC(C)=CC(c1ccc(OC(C)(C)C)cc1)C(C)(C)C. The summed E-state index contributed by atoms with van der Waals surface area (Å²) < 4.78 is 5.89. The Labute approximate surface area is 125 Å². The van der Waals surface area contributed by atoms with E-state index < -0.39 is 0 Å². The molecular weight excluding hydrogens is 244 g/mol. The average Bonchev–Trinajstić information content (AvgIpc) is 2.23. The molecule has 0 aliphatic heterocycles. The molecule has 0 amide bonds. The highest BCUT2D eigenvalue weighted by atomic mass is 16.5. The third-order valence-corrected chi connectivity index (χ3v) is 3.10. The lowest BCUT2D eigenvalue weighted by atomic mass is 9.76. The van der Waals surface area contributed by atoms with Gasteiger partial charge in [0, 0.05) is 5.92 Å². The summed E-state index contributed by atoms with van der Waals surface area (Å²) in [6, 6.07) is 8.54. The average molecular weight is 274 g/mol. The molecule has 0 radical (unpaired) electrons. The van der Waals surface area contributed by atoms with Crippen molar-refractivity contribution in [2.75, 3.05) is 0 Å². The zero-order valence-electron chi connectivity index (χ0n) is 14.4. The predicted octanol–water partition coefficient (Wildman–Crippen LogP) is 5.96. The Morgan fingerprint density at radius 2 is 1.45 bits per heavy atom. The fourth-order valence-corrected chi connectivity index (χ4v) is 2.28. The highest BCUT2D eigenvalue weighted by Gasteiger charge is 2.24. The van der Waals surface area contributed by atoms with E-state index >= 15 is 0 Å². The molecule has 1 nitrogen and oxygen atoms in total. The summed E-state index contributed by atoms with van der Waals surface area (Å²) in [6.07, 6.45) is 2.36. The van der Waals surface area contributed by atoms with Crippen molar-refractivity contribution in [2.45, 2.75) is 66.9 Å². The smallest absolute Gasteiger partial charge is 0.120 e. The molecule has 1 aromatic rings. The quantitative estimate of drug-likeness (QED) is 0.618. The van der Waals surface area contributed by atoms with Crippen LogP contribution in [0.3, 0.4) is 0 Å². The van der Waals surface area contributed by atoms with Gasteiger partial charge < -0.3 is 4.74 Å². The standard InChI is InChI=1S/C19H30O/c1-14(2)13-17(18(3,4)5)15-9-11-16(12-10-15)20-19(6,7)8/h9-13,17H,1-8H3. The van der Waals surface area contributed by atoms with Crippen LogP contribution in [0.15, 0.2) is 35.9 Å². The van der Waals surface area contributed by atoms with Crippen LogP contribution in [0.4, 0.5) is 0 Å². The van der Waals surface area contributed by atoms with E-state index in [1.807, 2.05) is 0 Å². The summed E-state index contributed by atoms with van der Waals surface area (Å²) in [5.74, 6) is 1.36. The predicted molar refractivity (Wildman–Crippen MR) is 88.5 cm³/mol. The van der Waals surface area contributed by atoms with E-state index in [0.29, 0.717) is 5.92 Å². The molecule has 0 saturated heterocycles. The van der Waals surface area contributed by atoms with Gasteiger partial charge >= 0.3 is 0 Å². The summed E-state index contributed by atoms with van der Waals surface area (Å²) >= 11 is 0. The van der Waals surface area contributed by atoms with E-state index in [-0.39, 0.29) is 11.0 Å². The Hall–Kier alpha value is -1.24. The lowest BCUT2D eigenvalue weighted by Crippen LogP contribution is -2.23. The summed E-state index contributed by atoms with van der Waals surface area (Å²) in [5.41, 5.74) is 2.77. The lowest BCUT2D eigenvalue weighted by Gasteiger charge is -2.29. The largest absolute Gasteiger partial charge is 0.488 e. The summed E-state index contributed by atoms with van der Waals surface area (Å²) in [5, 5.41) is 0. The minimum atomic E-state index is -0.148. The molecule has 0 aromatic heterocycles. The monoisotopic (exact) mass is 274 g/mol. The first-order valence-electron chi connectivity index (χ1n) is 7.43. The summed E-state index contributed by atoms with van der Waals surface area (Å²) in [4.78, 5) is 0. The maximum atomic E-state index is 5.89. The maximum absolute atomic E-state index is 5.89. The van der Waals surface area contributed by atoms with Crippen molar-refractivity contribution < 1.29 is 4.74 Å². The number of rotatable bonds is 3. The second-order valence-electron chi connectivity index (χ2n) is 7.87. The first-order chi connectivity index (χ1) is 8.99. The van der Waals surface area contributed by atoms with Crippen LogP contribution in [-0.2, 0) is 0 Å². The van der Waals surface area contributed by atoms with E-state index in [1.165, 1.54) is 11.1 Å². The van der Waals surface area contributed by atoms with E-state index in [4.69, 9.17) is 4.74 Å². The van der Waals surface area contributed by atoms with Crippen LogP contribution >= 0.6 is 0 Å². The molecule has 0 heterocycles. The Morgan fingerprint density at radius 1 is 0.950 bits per heavy atom. The first kappa shape index (κ1) is 16.8. The van der Waals surface area contributed by atoms with Gasteiger partial charge in [0.15, 0.2) is 0 Å². The number of allylic oxidation sites excluding steroid dienone is 2. The van der Waals surface area contributed by atoms with Gasteiger partial charge in [-0.1, -0.05) is 44.6 Å². The fraction of sp³-hybridized carbons (Fsp3) is 0.579. The molecule has 0 aliphatic rings. The van der Waals surface area contributed by atoms with Gasteiger partial charge in [-0.05, 0) is 57.7 Å². The molecule has 1 aromatic carbocycles. The molecule has 0 bridgehead atoms. The van der Waals surface area contributed by atoms with E-state index in [9.17, 15) is 0 Å². The van der Waals surface area contributed by atoms with Crippen molar-refractivity contribution in [3.05, 3.63) is 41.5 Å². The number of ether oxygens (including phenoxy) is 1. The van der Waals surface area contributed by atoms with E-state index in [1.54, 1.807) is 0 Å². The van der Waals surface area contributed by atoms with Crippen LogP contribution in [0, 0.1) is 5.41 Å². The molecule has 1 unspecified atom stereocenters. The molecule has 1 rings (SSSR count). The van der Waals surface area contributed by atoms with Gasteiger partial charge in [-0.25, -0.2) is 0 Å². The Balaban J connectivity index is 3.03. The van der Waals surface area contributed by atoms with Crippen LogP contribution in [0.2, 0.25) is 0 Å². The van der Waals surface area contributed by atoms with Gasteiger partial charge in [-0.2, -0.15) is 0 Å². The molecule has 0 aliphatic carbocycles. The van der Waals surface area contributed by atoms with Crippen molar-refractivity contribution in [3.8, 4) is 5.75 Å². The highest BCUT2D eigenvalue weighted by Crippen LogP contribution is 2.37. The van der Waals surface area contributed by atoms with Gasteiger partial charge in [0.05, 0.1) is 0 Å². The molecule has 20 heavy (non-hydrogen) atoms. The van der Waals surface area contributed by atoms with Gasteiger partial charge in [-0.15, -0.1) is 0 Å². The second-order valence-corrected chi connectivity index (χ2v) is 7.87. The normalized spacial score (nSPS) is 13.8. The molecule has 1 heteroatoms. The maximum Gasteiger partial charge on any atom is 0.120 e. The van der Waals surface area contributed by atoms with Crippen LogP contribution in [-0.4, -0.2) is 5.60 Å². The lowest BCUT2D eigenvalue weighted by molar-refractivity contribution is 0.131. The van der Waals surface area contributed by atoms with E-state index in [0.717, 1.165) is 5.75 Å². The van der Waals surface area contributed by atoms with E-state index in [2.05, 4.69) is 85.7 Å². The third-order valence-electron chi connectivity index (χ3n) is 3.10. The van der Waals surface area contributed by atoms with Crippen molar-refractivity contribution >= 4 is 0 Å². The fourth-order valence-electron chi connectivity index (χ4n) is 2.28. The number of hydrogen-bond donors (Lipinski definition) is 0. The Kier molecular flexibility index (Phi) is 5.07. The Morgan fingerprint density at radius 3 is 1.80 bits per heavy atom. The topological polar surface area (TPSA) is 9.23 Å². The number of benzene rings is 1. The van der Waals surface area contributed by atoms with Crippen molar-refractivity contribution in [3.63, 3.8) is 0 Å². The van der Waals surface area contributed by atoms with Gasteiger partial charge in [-0.3, -0.25) is 0 Å². The Bertz CT molecular complexity index is 448. The first-order valence-corrected chi connectivity index (χ1v) is 7.43. The number of hydrogen-bond acceptors (Lipinski definition) is 1. The van der Waals surface area contributed by atoms with Crippen LogP contribution in [0.5, 0.6) is 5.75 Å². The molecule has 0 spiro atoms. The van der Waals surface area contributed by atoms with Crippen molar-refractivity contribution in [1.29, 1.82) is 0 Å². The zero-order chi connectivity index (χ0) is 15.6. The van der Waals surface area contributed by atoms with Crippen LogP contribution in [0.1, 0.15) is 66.9 Å². The minimum absolute atomic E-state index is 0.148. The van der Waals surface area contributed by atoms with Gasteiger partial charge in [0.25, 0.3) is 0 Å². The summed E-state index contributed by atoms with van der Waals surface area (Å²) in [7, 11) is 0. The van der Waals surface area contributed by atoms with Crippen LogP contribution < -0.4 is 4.74 Å². The molecular formula is C19H30O. The molecule has 0 saturated carbocycles. The van der Waals surface area contributed by atoms with Crippen molar-refractivity contribution in [2.24, 2.45) is 5.41 Å². The third kappa shape index (κ3) is 5.40. The van der Waals surface area contributed by atoms with Gasteiger partial charge in [0.2, 0.25) is 0 Å². The van der Waals surface area contributed by atoms with Crippen LogP contribution in [0.25, 0.3) is 0 Å². The zero-order valence-corrected chi connectivity index (χ0v) is 14.4. The minimum Gasteiger partial charge on any atom is -0.488 e. The molecule has 0 N–H and O–H groups in total. The van der Waals surface area contributed by atoms with Crippen molar-refractivity contribution in [1.82, 2.24) is 0 Å². The molecule has 0 fully saturated rings. The second kappa shape index (κ2) is 6.03.